The highest BCUT2D eigenvalue weighted by Gasteiger charge is 2.26. The SMILES string of the molecule is CCSC1CCCC1NCC(=O)Nc1ccccc1. The van der Waals surface area contributed by atoms with Gasteiger partial charge in [0.15, 0.2) is 0 Å². The third-order valence-electron chi connectivity index (χ3n) is 3.42. The number of benzene rings is 1. The number of carbonyl (C=O) groups excluding carboxylic acids is 1. The van der Waals surface area contributed by atoms with E-state index in [1.807, 2.05) is 42.1 Å². The van der Waals surface area contributed by atoms with Crippen LogP contribution in [0.3, 0.4) is 0 Å². The zero-order chi connectivity index (χ0) is 13.5. The molecule has 4 heteroatoms. The molecule has 2 atom stereocenters. The Balaban J connectivity index is 1.74. The summed E-state index contributed by atoms with van der Waals surface area (Å²) in [4.78, 5) is 11.9. The molecule has 3 nitrogen and oxygen atoms in total. The van der Waals surface area contributed by atoms with Crippen LogP contribution >= 0.6 is 11.8 Å². The molecule has 0 bridgehead atoms. The molecular formula is C15H22N2OS. The lowest BCUT2D eigenvalue weighted by Gasteiger charge is -2.19. The highest BCUT2D eigenvalue weighted by atomic mass is 32.2. The number of hydrogen-bond donors (Lipinski definition) is 2. The summed E-state index contributed by atoms with van der Waals surface area (Å²) in [6.07, 6.45) is 3.74. The minimum atomic E-state index is 0.0401. The van der Waals surface area contributed by atoms with E-state index in [-0.39, 0.29) is 5.91 Å². The molecule has 2 rings (SSSR count). The summed E-state index contributed by atoms with van der Waals surface area (Å²) in [5, 5.41) is 6.98. The Morgan fingerprint density at radius 2 is 2.11 bits per heavy atom. The molecule has 0 spiro atoms. The van der Waals surface area contributed by atoms with Gasteiger partial charge in [-0.3, -0.25) is 4.79 Å². The van der Waals surface area contributed by atoms with Gasteiger partial charge in [-0.1, -0.05) is 31.5 Å². The van der Waals surface area contributed by atoms with Crippen molar-refractivity contribution in [2.45, 2.75) is 37.5 Å². The molecule has 1 aromatic rings. The lowest BCUT2D eigenvalue weighted by atomic mass is 10.2. The van der Waals surface area contributed by atoms with Crippen LogP contribution in [-0.4, -0.2) is 29.5 Å². The summed E-state index contributed by atoms with van der Waals surface area (Å²) < 4.78 is 0. The number of thioether (sulfide) groups is 1. The van der Waals surface area contributed by atoms with Gasteiger partial charge in [-0.2, -0.15) is 11.8 Å². The van der Waals surface area contributed by atoms with E-state index in [4.69, 9.17) is 0 Å². The molecule has 0 saturated heterocycles. The first-order chi connectivity index (χ1) is 9.29. The molecule has 0 aromatic heterocycles. The first kappa shape index (κ1) is 14.4. The second kappa shape index (κ2) is 7.56. The fraction of sp³-hybridized carbons (Fsp3) is 0.533. The van der Waals surface area contributed by atoms with Gasteiger partial charge in [-0.25, -0.2) is 0 Å². The fourth-order valence-corrected chi connectivity index (χ4v) is 3.75. The minimum Gasteiger partial charge on any atom is -0.325 e. The average Bonchev–Trinajstić information content (AvgIpc) is 2.85. The molecule has 1 fully saturated rings. The Hall–Kier alpha value is -1.00. The van der Waals surface area contributed by atoms with E-state index < -0.39 is 0 Å². The lowest BCUT2D eigenvalue weighted by molar-refractivity contribution is -0.115. The smallest absolute Gasteiger partial charge is 0.238 e. The van der Waals surface area contributed by atoms with Crippen LogP contribution in [0.25, 0.3) is 0 Å². The molecule has 1 saturated carbocycles. The molecule has 1 aliphatic carbocycles. The standard InChI is InChI=1S/C15H22N2OS/c1-2-19-14-10-6-9-13(14)16-11-15(18)17-12-7-4-3-5-8-12/h3-5,7-8,13-14,16H,2,6,9-11H2,1H3,(H,17,18). The van der Waals surface area contributed by atoms with Gasteiger partial charge < -0.3 is 10.6 Å². The van der Waals surface area contributed by atoms with Crippen molar-refractivity contribution in [1.82, 2.24) is 5.32 Å². The maximum atomic E-state index is 11.9. The number of anilines is 1. The zero-order valence-corrected chi connectivity index (χ0v) is 12.2. The van der Waals surface area contributed by atoms with Gasteiger partial charge in [0.05, 0.1) is 6.54 Å². The minimum absolute atomic E-state index is 0.0401. The normalized spacial score (nSPS) is 22.4. The van der Waals surface area contributed by atoms with Gasteiger partial charge >= 0.3 is 0 Å². The molecule has 0 heterocycles. The second-order valence-electron chi connectivity index (χ2n) is 4.83. The topological polar surface area (TPSA) is 41.1 Å². The van der Waals surface area contributed by atoms with Crippen molar-refractivity contribution >= 4 is 23.4 Å². The van der Waals surface area contributed by atoms with Gasteiger partial charge in [0.1, 0.15) is 0 Å². The van der Waals surface area contributed by atoms with Crippen molar-refractivity contribution in [3.05, 3.63) is 30.3 Å². The van der Waals surface area contributed by atoms with Crippen molar-refractivity contribution in [1.29, 1.82) is 0 Å². The predicted molar refractivity (Wildman–Crippen MR) is 82.6 cm³/mol. The number of carbonyl (C=O) groups is 1. The van der Waals surface area contributed by atoms with Crippen LogP contribution in [0, 0.1) is 0 Å². The van der Waals surface area contributed by atoms with Crippen LogP contribution in [-0.2, 0) is 4.79 Å². The second-order valence-corrected chi connectivity index (χ2v) is 6.34. The van der Waals surface area contributed by atoms with E-state index >= 15 is 0 Å². The summed E-state index contributed by atoms with van der Waals surface area (Å²) in [5.74, 6) is 1.19. The number of rotatable bonds is 6. The fourth-order valence-electron chi connectivity index (χ4n) is 2.52. The van der Waals surface area contributed by atoms with Crippen molar-refractivity contribution in [2.24, 2.45) is 0 Å². The number of hydrogen-bond acceptors (Lipinski definition) is 3. The zero-order valence-electron chi connectivity index (χ0n) is 11.4. The summed E-state index contributed by atoms with van der Waals surface area (Å²) in [7, 11) is 0. The van der Waals surface area contributed by atoms with Gasteiger partial charge in [0.25, 0.3) is 0 Å². The Morgan fingerprint density at radius 3 is 2.84 bits per heavy atom. The molecule has 2 N–H and O–H groups in total. The van der Waals surface area contributed by atoms with Gasteiger partial charge in [-0.05, 0) is 30.7 Å². The van der Waals surface area contributed by atoms with Crippen molar-refractivity contribution in [3.63, 3.8) is 0 Å². The molecular weight excluding hydrogens is 256 g/mol. The van der Waals surface area contributed by atoms with Crippen LogP contribution < -0.4 is 10.6 Å². The third kappa shape index (κ3) is 4.55. The molecule has 104 valence electrons. The highest BCUT2D eigenvalue weighted by Crippen LogP contribution is 2.29. The Kier molecular flexibility index (Phi) is 5.73. The third-order valence-corrected chi connectivity index (χ3v) is 4.74. The van der Waals surface area contributed by atoms with Crippen LogP contribution in [0.2, 0.25) is 0 Å². The average molecular weight is 278 g/mol. The van der Waals surface area contributed by atoms with E-state index in [2.05, 4.69) is 17.6 Å². The summed E-state index contributed by atoms with van der Waals surface area (Å²) >= 11 is 2.01. The van der Waals surface area contributed by atoms with E-state index in [1.54, 1.807) is 0 Å². The van der Waals surface area contributed by atoms with Gasteiger partial charge in [0, 0.05) is 17.0 Å². The predicted octanol–water partition coefficient (Wildman–Crippen LogP) is 2.89. The monoisotopic (exact) mass is 278 g/mol. The highest BCUT2D eigenvalue weighted by molar-refractivity contribution is 7.99. The number of para-hydroxylation sites is 1. The van der Waals surface area contributed by atoms with Gasteiger partial charge in [-0.15, -0.1) is 0 Å². The maximum absolute atomic E-state index is 11.9. The van der Waals surface area contributed by atoms with E-state index in [1.165, 1.54) is 19.3 Å². The molecule has 0 radical (unpaired) electrons. The molecule has 19 heavy (non-hydrogen) atoms. The first-order valence-corrected chi connectivity index (χ1v) is 8.04. The first-order valence-electron chi connectivity index (χ1n) is 6.99. The van der Waals surface area contributed by atoms with Crippen LogP contribution in [0.4, 0.5) is 5.69 Å². The van der Waals surface area contributed by atoms with E-state index in [0.29, 0.717) is 17.8 Å². The quantitative estimate of drug-likeness (QED) is 0.840. The van der Waals surface area contributed by atoms with E-state index in [0.717, 1.165) is 11.4 Å². The Morgan fingerprint density at radius 1 is 1.32 bits per heavy atom. The van der Waals surface area contributed by atoms with E-state index in [9.17, 15) is 4.79 Å². The van der Waals surface area contributed by atoms with Crippen LogP contribution in [0.1, 0.15) is 26.2 Å². The van der Waals surface area contributed by atoms with Gasteiger partial charge in [0.2, 0.25) is 5.91 Å². The summed E-state index contributed by atoms with van der Waals surface area (Å²) in [6, 6.07) is 10.1. The summed E-state index contributed by atoms with van der Waals surface area (Å²) in [5.41, 5.74) is 0.861. The summed E-state index contributed by atoms with van der Waals surface area (Å²) in [6.45, 7) is 2.60. The molecule has 0 aliphatic heterocycles. The molecule has 1 aromatic carbocycles. The Labute approximate surface area is 119 Å². The van der Waals surface area contributed by atoms with Crippen molar-refractivity contribution < 1.29 is 4.79 Å². The lowest BCUT2D eigenvalue weighted by Crippen LogP contribution is -2.39. The Bertz CT molecular complexity index is 396. The molecule has 2 unspecified atom stereocenters. The molecule has 1 amide bonds. The van der Waals surface area contributed by atoms with Crippen molar-refractivity contribution in [3.8, 4) is 0 Å². The maximum Gasteiger partial charge on any atom is 0.238 e. The van der Waals surface area contributed by atoms with Crippen molar-refractivity contribution in [2.75, 3.05) is 17.6 Å². The largest absolute Gasteiger partial charge is 0.325 e. The van der Waals surface area contributed by atoms with Crippen LogP contribution in [0.15, 0.2) is 30.3 Å². The van der Waals surface area contributed by atoms with Crippen LogP contribution in [0.5, 0.6) is 0 Å². The number of nitrogens with one attached hydrogen (secondary N) is 2. The molecule has 1 aliphatic rings. The number of amides is 1.